The zero-order valence-corrected chi connectivity index (χ0v) is 16.6. The van der Waals surface area contributed by atoms with Gasteiger partial charge in [-0.05, 0) is 30.7 Å². The molecular weight excluding hydrogens is 388 g/mol. The zero-order valence-electron chi connectivity index (χ0n) is 16.6. The molecule has 2 aromatic carbocycles. The van der Waals surface area contributed by atoms with Gasteiger partial charge in [0.2, 0.25) is 5.91 Å². The summed E-state index contributed by atoms with van der Waals surface area (Å²) in [5, 5.41) is 27.1. The smallest absolute Gasteiger partial charge is 0.271 e. The predicted molar refractivity (Wildman–Crippen MR) is 114 cm³/mol. The van der Waals surface area contributed by atoms with Crippen LogP contribution in [0.3, 0.4) is 0 Å². The maximum atomic E-state index is 12.3. The van der Waals surface area contributed by atoms with E-state index in [4.69, 9.17) is 0 Å². The molecule has 2 aromatic rings. The van der Waals surface area contributed by atoms with Crippen LogP contribution in [0.15, 0.2) is 47.6 Å². The zero-order chi connectivity index (χ0) is 21.9. The number of rotatable bonds is 10. The number of nitrogens with zero attached hydrogens (tertiary/aromatic N) is 2. The van der Waals surface area contributed by atoms with Gasteiger partial charge in [-0.15, -0.1) is 0 Å². The molecule has 9 heteroatoms. The van der Waals surface area contributed by atoms with E-state index in [1.807, 2.05) is 0 Å². The highest BCUT2D eigenvalue weighted by atomic mass is 16.6. The van der Waals surface area contributed by atoms with Gasteiger partial charge in [-0.2, -0.15) is 5.10 Å². The van der Waals surface area contributed by atoms with Crippen LogP contribution in [0.25, 0.3) is 0 Å². The number of benzene rings is 2. The topological polar surface area (TPSA) is 134 Å². The molecule has 0 atom stereocenters. The van der Waals surface area contributed by atoms with Gasteiger partial charge in [-0.1, -0.05) is 32.3 Å². The van der Waals surface area contributed by atoms with Crippen molar-refractivity contribution in [1.29, 1.82) is 0 Å². The highest BCUT2D eigenvalue weighted by Gasteiger charge is 2.10. The molecule has 0 aliphatic heterocycles. The second-order valence-electron chi connectivity index (χ2n) is 6.64. The highest BCUT2D eigenvalue weighted by Crippen LogP contribution is 2.21. The molecule has 0 saturated carbocycles. The third kappa shape index (κ3) is 7.01. The first-order valence-electron chi connectivity index (χ1n) is 9.61. The Labute approximate surface area is 174 Å². The number of nitrogens with one attached hydrogen (secondary N) is 2. The molecule has 0 aliphatic rings. The molecule has 0 spiro atoms. The van der Waals surface area contributed by atoms with Gasteiger partial charge >= 0.3 is 0 Å². The first-order valence-corrected chi connectivity index (χ1v) is 9.61. The minimum atomic E-state index is -0.598. The fourth-order valence-corrected chi connectivity index (χ4v) is 2.66. The number of hydrogen-bond acceptors (Lipinski definition) is 6. The molecular formula is C21H24N4O5. The molecule has 0 aliphatic carbocycles. The number of carbonyl (C=O) groups excluding carboxylic acids is 2. The van der Waals surface area contributed by atoms with Crippen molar-refractivity contribution >= 4 is 29.4 Å². The third-order valence-electron chi connectivity index (χ3n) is 4.26. The maximum absolute atomic E-state index is 12.3. The van der Waals surface area contributed by atoms with E-state index in [1.165, 1.54) is 12.1 Å². The van der Waals surface area contributed by atoms with Crippen molar-refractivity contribution in [2.75, 3.05) is 5.32 Å². The normalized spacial score (nSPS) is 10.7. The number of hydrazone groups is 1. The molecule has 0 unspecified atom stereocenters. The van der Waals surface area contributed by atoms with Gasteiger partial charge in [0.1, 0.15) is 5.75 Å². The molecule has 158 valence electrons. The Morgan fingerprint density at radius 1 is 1.17 bits per heavy atom. The van der Waals surface area contributed by atoms with Crippen molar-refractivity contribution in [2.45, 2.75) is 39.0 Å². The minimum absolute atomic E-state index is 0.0913. The Bertz CT molecular complexity index is 943. The first-order chi connectivity index (χ1) is 14.4. The Balaban J connectivity index is 1.95. The lowest BCUT2D eigenvalue weighted by molar-refractivity contribution is -0.384. The second kappa shape index (κ2) is 11.3. The molecule has 30 heavy (non-hydrogen) atoms. The number of anilines is 1. The summed E-state index contributed by atoms with van der Waals surface area (Å²) in [6, 6.07) is 9.89. The number of unbranched alkanes of at least 4 members (excludes halogenated alkanes) is 3. The predicted octanol–water partition coefficient (Wildman–Crippen LogP) is 3.97. The van der Waals surface area contributed by atoms with Gasteiger partial charge in [0.05, 0.1) is 11.1 Å². The Morgan fingerprint density at radius 2 is 1.97 bits per heavy atom. The molecule has 0 radical (unpaired) electrons. The van der Waals surface area contributed by atoms with Gasteiger partial charge < -0.3 is 10.4 Å². The first kappa shape index (κ1) is 22.5. The number of aromatic hydroxyl groups is 1. The monoisotopic (exact) mass is 412 g/mol. The molecule has 0 aromatic heterocycles. The van der Waals surface area contributed by atoms with Crippen molar-refractivity contribution in [3.05, 3.63) is 63.7 Å². The summed E-state index contributed by atoms with van der Waals surface area (Å²) in [5.41, 5.74) is 2.95. The highest BCUT2D eigenvalue weighted by molar-refractivity contribution is 5.97. The fraction of sp³-hybridized carbons (Fsp3) is 0.286. The average molecular weight is 412 g/mol. The number of nitro benzene ring substituents is 1. The van der Waals surface area contributed by atoms with E-state index in [1.54, 1.807) is 18.2 Å². The summed E-state index contributed by atoms with van der Waals surface area (Å²) >= 11 is 0. The van der Waals surface area contributed by atoms with Crippen LogP contribution in [0.4, 0.5) is 11.4 Å². The number of hydrogen-bond donors (Lipinski definition) is 3. The lowest BCUT2D eigenvalue weighted by Crippen LogP contribution is -2.18. The van der Waals surface area contributed by atoms with Crippen molar-refractivity contribution in [2.24, 2.45) is 5.10 Å². The van der Waals surface area contributed by atoms with Crippen LogP contribution in [0.2, 0.25) is 0 Å². The lowest BCUT2D eigenvalue weighted by atomic mass is 10.1. The van der Waals surface area contributed by atoms with Gasteiger partial charge in [0.15, 0.2) is 0 Å². The van der Waals surface area contributed by atoms with Gasteiger partial charge in [0.25, 0.3) is 11.6 Å². The molecule has 0 fully saturated rings. The minimum Gasteiger partial charge on any atom is -0.507 e. The van der Waals surface area contributed by atoms with Crippen molar-refractivity contribution < 1.29 is 19.6 Å². The summed E-state index contributed by atoms with van der Waals surface area (Å²) in [7, 11) is 0. The van der Waals surface area contributed by atoms with Crippen LogP contribution in [0, 0.1) is 10.1 Å². The van der Waals surface area contributed by atoms with Crippen LogP contribution in [0.1, 0.15) is 54.9 Å². The second-order valence-corrected chi connectivity index (χ2v) is 6.64. The summed E-state index contributed by atoms with van der Waals surface area (Å²) in [6.07, 6.45) is 5.55. The maximum Gasteiger partial charge on any atom is 0.271 e. The lowest BCUT2D eigenvalue weighted by Gasteiger charge is -2.07. The van der Waals surface area contributed by atoms with Crippen LogP contribution >= 0.6 is 0 Å². The molecule has 2 rings (SSSR count). The van der Waals surface area contributed by atoms with E-state index in [0.717, 1.165) is 44.0 Å². The molecule has 2 amide bonds. The van der Waals surface area contributed by atoms with Crippen LogP contribution in [0.5, 0.6) is 5.75 Å². The number of nitro groups is 1. The van der Waals surface area contributed by atoms with E-state index in [9.17, 15) is 24.8 Å². The van der Waals surface area contributed by atoms with Crippen molar-refractivity contribution in [1.82, 2.24) is 5.43 Å². The average Bonchev–Trinajstić information content (AvgIpc) is 2.72. The number of phenolic OH excluding ortho intramolecular Hbond substituents is 1. The summed E-state index contributed by atoms with van der Waals surface area (Å²) in [6.45, 7) is 2.10. The Hall–Kier alpha value is -3.75. The Kier molecular flexibility index (Phi) is 8.49. The fourth-order valence-electron chi connectivity index (χ4n) is 2.66. The van der Waals surface area contributed by atoms with E-state index in [-0.39, 0.29) is 28.5 Å². The number of amides is 2. The molecule has 0 bridgehead atoms. The summed E-state index contributed by atoms with van der Waals surface area (Å²) in [4.78, 5) is 34.5. The van der Waals surface area contributed by atoms with Crippen molar-refractivity contribution in [3.8, 4) is 5.75 Å². The standard InChI is InChI=1S/C21H24N4O5/c1-2-3-4-5-9-20(27)23-17-8-6-7-15(12-17)21(28)24-22-14-16-13-18(25(29)30)10-11-19(16)26/h6-8,10-14,26H,2-5,9H2,1H3,(H,23,27)(H,24,28)/b22-14+. The number of non-ortho nitro benzene ring substituents is 1. The quantitative estimate of drug-likeness (QED) is 0.235. The van der Waals surface area contributed by atoms with E-state index in [0.29, 0.717) is 12.1 Å². The number of carbonyl (C=O) groups is 2. The van der Waals surface area contributed by atoms with Gasteiger partial charge in [0, 0.05) is 35.4 Å². The Morgan fingerprint density at radius 3 is 2.70 bits per heavy atom. The molecule has 0 heterocycles. The van der Waals surface area contributed by atoms with Gasteiger partial charge in [-0.3, -0.25) is 19.7 Å². The van der Waals surface area contributed by atoms with Crippen LogP contribution in [-0.2, 0) is 4.79 Å². The summed E-state index contributed by atoms with van der Waals surface area (Å²) < 4.78 is 0. The molecule has 9 nitrogen and oxygen atoms in total. The van der Waals surface area contributed by atoms with Crippen LogP contribution in [-0.4, -0.2) is 28.1 Å². The molecule has 0 saturated heterocycles. The van der Waals surface area contributed by atoms with Crippen LogP contribution < -0.4 is 10.7 Å². The number of phenols is 1. The van der Waals surface area contributed by atoms with Crippen molar-refractivity contribution in [3.63, 3.8) is 0 Å². The van der Waals surface area contributed by atoms with E-state index >= 15 is 0 Å². The van der Waals surface area contributed by atoms with Gasteiger partial charge in [-0.25, -0.2) is 5.43 Å². The molecule has 3 N–H and O–H groups in total. The van der Waals surface area contributed by atoms with E-state index < -0.39 is 10.8 Å². The van der Waals surface area contributed by atoms with E-state index in [2.05, 4.69) is 22.8 Å². The SMILES string of the molecule is CCCCCCC(=O)Nc1cccc(C(=O)N/N=C/c2cc([N+](=O)[O-])ccc2O)c1. The summed E-state index contributed by atoms with van der Waals surface area (Å²) in [5.74, 6) is -0.847. The largest absolute Gasteiger partial charge is 0.507 e. The third-order valence-corrected chi connectivity index (χ3v) is 4.26.